The zero-order valence-electron chi connectivity index (χ0n) is 9.73. The smallest absolute Gasteiger partial charge is 0.126 e. The summed E-state index contributed by atoms with van der Waals surface area (Å²) < 4.78 is 6.57. The molecule has 0 aliphatic heterocycles. The Kier molecular flexibility index (Phi) is 4.17. The Morgan fingerprint density at radius 1 is 1.47 bits per heavy atom. The molecular formula is C12H18BrNO. The maximum atomic E-state index is 5.70. The second kappa shape index (κ2) is 4.99. The van der Waals surface area contributed by atoms with Crippen LogP contribution in [0.3, 0.4) is 0 Å². The number of methoxy groups -OCH3 is 1. The van der Waals surface area contributed by atoms with E-state index in [1.54, 1.807) is 7.11 Å². The minimum atomic E-state index is 0.324. The van der Waals surface area contributed by atoms with Crippen LogP contribution in [0.5, 0.6) is 5.75 Å². The molecule has 1 rings (SSSR count). The number of hydrogen-bond donors (Lipinski definition) is 1. The normalized spacial score (nSPS) is 12.7. The van der Waals surface area contributed by atoms with Crippen molar-refractivity contribution in [3.63, 3.8) is 0 Å². The lowest BCUT2D eigenvalue weighted by atomic mass is 9.95. The summed E-state index contributed by atoms with van der Waals surface area (Å²) in [4.78, 5) is 0. The summed E-state index contributed by atoms with van der Waals surface area (Å²) in [5.41, 5.74) is 9.26. The summed E-state index contributed by atoms with van der Waals surface area (Å²) in [6.45, 7) is 6.90. The predicted molar refractivity (Wildman–Crippen MR) is 67.6 cm³/mol. The molecule has 1 unspecified atom stereocenters. The molecule has 0 aliphatic carbocycles. The number of rotatable bonds is 3. The standard InChI is InChI=1S/C12H18BrNO/c1-7-5-10(8(2)6-14)12(15-4)9(3)11(7)13/h5,8H,6,14H2,1-4H3. The first-order valence-electron chi connectivity index (χ1n) is 5.06. The first kappa shape index (κ1) is 12.5. The SMILES string of the molecule is COc1c(C(C)CN)cc(C)c(Br)c1C. The highest BCUT2D eigenvalue weighted by atomic mass is 79.9. The molecule has 84 valence electrons. The Morgan fingerprint density at radius 3 is 2.53 bits per heavy atom. The van der Waals surface area contributed by atoms with Crippen molar-refractivity contribution in [1.82, 2.24) is 0 Å². The van der Waals surface area contributed by atoms with E-state index in [1.807, 2.05) is 0 Å². The van der Waals surface area contributed by atoms with Crippen molar-refractivity contribution in [3.05, 3.63) is 27.2 Å². The minimum Gasteiger partial charge on any atom is -0.496 e. The van der Waals surface area contributed by atoms with Crippen molar-refractivity contribution in [2.75, 3.05) is 13.7 Å². The average molecular weight is 272 g/mol. The van der Waals surface area contributed by atoms with Crippen LogP contribution >= 0.6 is 15.9 Å². The maximum absolute atomic E-state index is 5.70. The van der Waals surface area contributed by atoms with Gasteiger partial charge in [-0.05, 0) is 37.4 Å². The molecule has 0 saturated carbocycles. The van der Waals surface area contributed by atoms with Crippen LogP contribution in [-0.2, 0) is 0 Å². The van der Waals surface area contributed by atoms with E-state index in [2.05, 4.69) is 42.8 Å². The van der Waals surface area contributed by atoms with Gasteiger partial charge in [0.15, 0.2) is 0 Å². The maximum Gasteiger partial charge on any atom is 0.126 e. The molecule has 0 aliphatic rings. The van der Waals surface area contributed by atoms with Crippen LogP contribution in [0, 0.1) is 13.8 Å². The van der Waals surface area contributed by atoms with Gasteiger partial charge in [-0.15, -0.1) is 0 Å². The van der Waals surface area contributed by atoms with Gasteiger partial charge in [-0.25, -0.2) is 0 Å². The van der Waals surface area contributed by atoms with Crippen LogP contribution in [0.2, 0.25) is 0 Å². The fourth-order valence-electron chi connectivity index (χ4n) is 1.74. The summed E-state index contributed by atoms with van der Waals surface area (Å²) in [6.07, 6.45) is 0. The summed E-state index contributed by atoms with van der Waals surface area (Å²) in [6, 6.07) is 2.15. The van der Waals surface area contributed by atoms with Crippen molar-refractivity contribution in [2.24, 2.45) is 5.73 Å². The Morgan fingerprint density at radius 2 is 2.07 bits per heavy atom. The second-order valence-corrected chi connectivity index (χ2v) is 4.68. The summed E-state index contributed by atoms with van der Waals surface area (Å²) >= 11 is 3.56. The third-order valence-corrected chi connectivity index (χ3v) is 3.96. The summed E-state index contributed by atoms with van der Waals surface area (Å²) in [5, 5.41) is 0. The zero-order chi connectivity index (χ0) is 11.6. The molecule has 2 nitrogen and oxygen atoms in total. The average Bonchev–Trinajstić information content (AvgIpc) is 2.24. The minimum absolute atomic E-state index is 0.324. The van der Waals surface area contributed by atoms with E-state index in [0.717, 1.165) is 15.8 Å². The first-order chi connectivity index (χ1) is 7.02. The lowest BCUT2D eigenvalue weighted by molar-refractivity contribution is 0.403. The van der Waals surface area contributed by atoms with E-state index in [1.165, 1.54) is 11.1 Å². The van der Waals surface area contributed by atoms with Crippen molar-refractivity contribution >= 4 is 15.9 Å². The van der Waals surface area contributed by atoms with Crippen LogP contribution < -0.4 is 10.5 Å². The number of nitrogens with two attached hydrogens (primary N) is 1. The Labute approximate surface area is 99.9 Å². The van der Waals surface area contributed by atoms with E-state index in [4.69, 9.17) is 10.5 Å². The van der Waals surface area contributed by atoms with Crippen molar-refractivity contribution < 1.29 is 4.74 Å². The van der Waals surface area contributed by atoms with Crippen LogP contribution in [-0.4, -0.2) is 13.7 Å². The molecule has 0 heterocycles. The molecule has 1 aromatic rings. The fraction of sp³-hybridized carbons (Fsp3) is 0.500. The molecule has 0 saturated heterocycles. The van der Waals surface area contributed by atoms with Gasteiger partial charge in [-0.2, -0.15) is 0 Å². The molecule has 1 atom stereocenters. The van der Waals surface area contributed by atoms with Crippen LogP contribution in [0.1, 0.15) is 29.5 Å². The molecule has 15 heavy (non-hydrogen) atoms. The van der Waals surface area contributed by atoms with Gasteiger partial charge < -0.3 is 10.5 Å². The molecule has 0 amide bonds. The molecule has 1 aromatic carbocycles. The Balaban J connectivity index is 3.38. The van der Waals surface area contributed by atoms with Gasteiger partial charge in [-0.1, -0.05) is 28.9 Å². The summed E-state index contributed by atoms with van der Waals surface area (Å²) in [5.74, 6) is 1.27. The van der Waals surface area contributed by atoms with Gasteiger partial charge >= 0.3 is 0 Å². The van der Waals surface area contributed by atoms with Gasteiger partial charge in [0.1, 0.15) is 5.75 Å². The van der Waals surface area contributed by atoms with Gasteiger partial charge in [0.2, 0.25) is 0 Å². The van der Waals surface area contributed by atoms with Gasteiger partial charge in [-0.3, -0.25) is 0 Å². The summed E-state index contributed by atoms with van der Waals surface area (Å²) in [7, 11) is 1.71. The molecule has 3 heteroatoms. The van der Waals surface area contributed by atoms with Crippen LogP contribution in [0.25, 0.3) is 0 Å². The number of ether oxygens (including phenoxy) is 1. The molecule has 0 radical (unpaired) electrons. The molecule has 0 bridgehead atoms. The highest BCUT2D eigenvalue weighted by Gasteiger charge is 2.15. The van der Waals surface area contributed by atoms with E-state index in [0.29, 0.717) is 12.5 Å². The number of halogens is 1. The first-order valence-corrected chi connectivity index (χ1v) is 5.85. The lowest BCUT2D eigenvalue weighted by Gasteiger charge is -2.18. The van der Waals surface area contributed by atoms with Crippen LogP contribution in [0.15, 0.2) is 10.5 Å². The van der Waals surface area contributed by atoms with E-state index >= 15 is 0 Å². The quantitative estimate of drug-likeness (QED) is 0.917. The third-order valence-electron chi connectivity index (χ3n) is 2.74. The fourth-order valence-corrected chi connectivity index (χ4v) is 2.03. The molecular weight excluding hydrogens is 254 g/mol. The topological polar surface area (TPSA) is 35.2 Å². The highest BCUT2D eigenvalue weighted by Crippen LogP contribution is 2.36. The van der Waals surface area contributed by atoms with Crippen molar-refractivity contribution in [3.8, 4) is 5.75 Å². The lowest BCUT2D eigenvalue weighted by Crippen LogP contribution is -2.11. The molecule has 0 fully saturated rings. The Hall–Kier alpha value is -0.540. The second-order valence-electron chi connectivity index (χ2n) is 3.89. The number of hydrogen-bond acceptors (Lipinski definition) is 2. The highest BCUT2D eigenvalue weighted by molar-refractivity contribution is 9.10. The third kappa shape index (κ3) is 2.34. The predicted octanol–water partition coefficient (Wildman–Crippen LogP) is 3.14. The van der Waals surface area contributed by atoms with Crippen molar-refractivity contribution in [2.45, 2.75) is 26.7 Å². The Bertz CT molecular complexity index is 363. The van der Waals surface area contributed by atoms with Crippen molar-refractivity contribution in [1.29, 1.82) is 0 Å². The van der Waals surface area contributed by atoms with E-state index in [-0.39, 0.29) is 0 Å². The van der Waals surface area contributed by atoms with Gasteiger partial charge in [0.25, 0.3) is 0 Å². The van der Waals surface area contributed by atoms with E-state index in [9.17, 15) is 0 Å². The molecule has 0 spiro atoms. The molecule has 0 aromatic heterocycles. The van der Waals surface area contributed by atoms with Gasteiger partial charge in [0, 0.05) is 10.0 Å². The van der Waals surface area contributed by atoms with Gasteiger partial charge in [0.05, 0.1) is 7.11 Å². The number of aryl methyl sites for hydroxylation is 1. The number of benzene rings is 1. The monoisotopic (exact) mass is 271 g/mol. The van der Waals surface area contributed by atoms with E-state index < -0.39 is 0 Å². The zero-order valence-corrected chi connectivity index (χ0v) is 11.3. The largest absolute Gasteiger partial charge is 0.496 e. The van der Waals surface area contributed by atoms with Crippen LogP contribution in [0.4, 0.5) is 0 Å². The molecule has 2 N–H and O–H groups in total.